The summed E-state index contributed by atoms with van der Waals surface area (Å²) < 4.78 is 33.6. The molecular formula is C24H25N5O4S. The lowest BCUT2D eigenvalue weighted by Gasteiger charge is -2.33. The highest BCUT2D eigenvalue weighted by Crippen LogP contribution is 2.32. The summed E-state index contributed by atoms with van der Waals surface area (Å²) in [4.78, 5) is 19.3. The number of para-hydroxylation sites is 1. The van der Waals surface area contributed by atoms with Crippen molar-refractivity contribution in [3.8, 4) is 0 Å². The highest BCUT2D eigenvalue weighted by atomic mass is 32.2. The van der Waals surface area contributed by atoms with Gasteiger partial charge in [0.1, 0.15) is 5.82 Å². The fraction of sp³-hybridized carbons (Fsp3) is 0.333. The average molecular weight is 480 g/mol. The van der Waals surface area contributed by atoms with Crippen LogP contribution in [0, 0.1) is 12.8 Å². The Morgan fingerprint density at radius 3 is 2.68 bits per heavy atom. The summed E-state index contributed by atoms with van der Waals surface area (Å²) in [7, 11) is -3.94. The number of aryl methyl sites for hydroxylation is 1. The lowest BCUT2D eigenvalue weighted by Crippen LogP contribution is -2.40. The highest BCUT2D eigenvalue weighted by molar-refractivity contribution is 7.91. The molecule has 3 heterocycles. The van der Waals surface area contributed by atoms with Crippen LogP contribution in [0.5, 0.6) is 0 Å². The van der Waals surface area contributed by atoms with Crippen molar-refractivity contribution >= 4 is 38.2 Å². The summed E-state index contributed by atoms with van der Waals surface area (Å²) in [5.74, 6) is 0.135. The molecule has 0 spiro atoms. The van der Waals surface area contributed by atoms with E-state index in [-0.39, 0.29) is 27.5 Å². The molecule has 0 amide bonds. The van der Waals surface area contributed by atoms with Crippen LogP contribution in [0.2, 0.25) is 0 Å². The van der Waals surface area contributed by atoms with Gasteiger partial charge in [-0.25, -0.2) is 13.4 Å². The first-order chi connectivity index (χ1) is 16.4. The highest BCUT2D eigenvalue weighted by Gasteiger charge is 2.31. The number of sulfone groups is 1. The van der Waals surface area contributed by atoms with Crippen molar-refractivity contribution in [1.29, 1.82) is 0 Å². The smallest absolute Gasteiger partial charge is 0.310 e. The Kier molecular flexibility index (Phi) is 5.68. The molecule has 1 atom stereocenters. The molecule has 2 aromatic carbocycles. The summed E-state index contributed by atoms with van der Waals surface area (Å²) in [6.07, 6.45) is 1.55. The van der Waals surface area contributed by atoms with Crippen molar-refractivity contribution in [2.75, 3.05) is 24.6 Å². The number of carbonyl (C=O) groups excluding carboxylic acids is 1. The first kappa shape index (κ1) is 22.3. The normalized spacial score (nSPS) is 16.8. The van der Waals surface area contributed by atoms with Gasteiger partial charge in [-0.1, -0.05) is 35.0 Å². The van der Waals surface area contributed by atoms with Crippen LogP contribution in [0.3, 0.4) is 0 Å². The van der Waals surface area contributed by atoms with E-state index in [2.05, 4.69) is 10.3 Å². The van der Waals surface area contributed by atoms with Gasteiger partial charge >= 0.3 is 5.97 Å². The molecule has 2 aromatic heterocycles. The number of aromatic nitrogens is 4. The molecule has 0 aliphatic carbocycles. The van der Waals surface area contributed by atoms with Gasteiger partial charge in [-0.3, -0.25) is 4.79 Å². The first-order valence-corrected chi connectivity index (χ1v) is 12.8. The fourth-order valence-corrected chi connectivity index (χ4v) is 5.63. The van der Waals surface area contributed by atoms with E-state index in [0.29, 0.717) is 31.0 Å². The van der Waals surface area contributed by atoms with E-state index in [4.69, 9.17) is 9.72 Å². The van der Waals surface area contributed by atoms with Crippen LogP contribution >= 0.6 is 0 Å². The molecule has 0 radical (unpaired) electrons. The number of hydrogen-bond acceptors (Lipinski definition) is 8. The molecule has 1 unspecified atom stereocenters. The summed E-state index contributed by atoms with van der Waals surface area (Å²) >= 11 is 0. The van der Waals surface area contributed by atoms with Gasteiger partial charge in [0.25, 0.3) is 0 Å². The molecule has 1 aliphatic rings. The van der Waals surface area contributed by atoms with E-state index in [1.807, 2.05) is 36.1 Å². The van der Waals surface area contributed by atoms with E-state index in [1.165, 1.54) is 4.52 Å². The number of ether oxygens (including phenoxy) is 1. The zero-order valence-electron chi connectivity index (χ0n) is 19.0. The Balaban J connectivity index is 1.66. The van der Waals surface area contributed by atoms with Gasteiger partial charge in [-0.2, -0.15) is 4.52 Å². The van der Waals surface area contributed by atoms with Crippen molar-refractivity contribution in [3.63, 3.8) is 0 Å². The van der Waals surface area contributed by atoms with E-state index in [1.54, 1.807) is 31.2 Å². The van der Waals surface area contributed by atoms with Crippen LogP contribution in [0.25, 0.3) is 16.6 Å². The monoisotopic (exact) mass is 479 g/mol. The summed E-state index contributed by atoms with van der Waals surface area (Å²) in [5.41, 5.74) is 1.81. The molecule has 1 aliphatic heterocycles. The minimum Gasteiger partial charge on any atom is -0.466 e. The molecule has 0 bridgehead atoms. The maximum absolute atomic E-state index is 13.4. The minimum atomic E-state index is -3.94. The molecule has 1 fully saturated rings. The third-order valence-corrected chi connectivity index (χ3v) is 7.79. The summed E-state index contributed by atoms with van der Waals surface area (Å²) in [6.45, 7) is 5.18. The molecule has 5 rings (SSSR count). The minimum absolute atomic E-state index is 0.136. The topological polar surface area (TPSA) is 107 Å². The Labute approximate surface area is 197 Å². The zero-order valence-corrected chi connectivity index (χ0v) is 19.8. The second kappa shape index (κ2) is 8.68. The van der Waals surface area contributed by atoms with Gasteiger partial charge < -0.3 is 9.64 Å². The van der Waals surface area contributed by atoms with E-state index in [9.17, 15) is 13.2 Å². The zero-order chi connectivity index (χ0) is 23.9. The molecule has 10 heteroatoms. The van der Waals surface area contributed by atoms with Crippen molar-refractivity contribution in [2.45, 2.75) is 36.6 Å². The van der Waals surface area contributed by atoms with Gasteiger partial charge in [0.2, 0.25) is 14.9 Å². The van der Waals surface area contributed by atoms with Crippen molar-refractivity contribution in [3.05, 3.63) is 54.1 Å². The fourth-order valence-electron chi connectivity index (χ4n) is 4.39. The van der Waals surface area contributed by atoms with Crippen molar-refractivity contribution in [1.82, 2.24) is 19.8 Å². The number of benzene rings is 2. The van der Waals surface area contributed by atoms with Gasteiger partial charge in [0, 0.05) is 18.5 Å². The van der Waals surface area contributed by atoms with Gasteiger partial charge in [-0.05, 0) is 51.0 Å². The van der Waals surface area contributed by atoms with E-state index in [0.717, 1.165) is 23.8 Å². The SMILES string of the molecule is CCOC(=O)C1CCCN(c2nc3c(S(=O)(=O)c4ccc(C)cc4)nnn3c3ccccc23)C1. The standard InChI is InChI=1S/C24H25N5O4S/c1-3-33-24(30)17-7-6-14-28(15-17)21-19-8-4-5-9-20(19)29-22(25-21)23(26-27-29)34(31,32)18-12-10-16(2)11-13-18/h4-5,8-13,17H,3,6-7,14-15H2,1-2H3. The third kappa shape index (κ3) is 3.77. The molecule has 9 nitrogen and oxygen atoms in total. The van der Waals surface area contributed by atoms with Crippen LogP contribution in [0.1, 0.15) is 25.3 Å². The Hall–Kier alpha value is -3.53. The predicted octanol–water partition coefficient (Wildman–Crippen LogP) is 3.20. The average Bonchev–Trinajstić information content (AvgIpc) is 3.29. The lowest BCUT2D eigenvalue weighted by atomic mass is 9.98. The maximum atomic E-state index is 13.4. The quantitative estimate of drug-likeness (QED) is 0.402. The number of carbonyl (C=O) groups is 1. The molecule has 34 heavy (non-hydrogen) atoms. The van der Waals surface area contributed by atoms with Gasteiger partial charge in [0.15, 0.2) is 5.65 Å². The number of rotatable bonds is 5. The van der Waals surface area contributed by atoms with Crippen LogP contribution < -0.4 is 4.90 Å². The largest absolute Gasteiger partial charge is 0.466 e. The number of nitrogens with zero attached hydrogens (tertiary/aromatic N) is 5. The molecule has 176 valence electrons. The second-order valence-electron chi connectivity index (χ2n) is 8.44. The maximum Gasteiger partial charge on any atom is 0.310 e. The van der Waals surface area contributed by atoms with Crippen molar-refractivity contribution in [2.24, 2.45) is 5.92 Å². The Morgan fingerprint density at radius 2 is 1.91 bits per heavy atom. The van der Waals surface area contributed by atoms with E-state index >= 15 is 0 Å². The third-order valence-electron chi connectivity index (χ3n) is 6.13. The van der Waals surface area contributed by atoms with Crippen LogP contribution in [-0.2, 0) is 19.4 Å². The Morgan fingerprint density at radius 1 is 1.15 bits per heavy atom. The summed E-state index contributed by atoms with van der Waals surface area (Å²) in [5, 5.41) is 8.80. The second-order valence-corrected chi connectivity index (χ2v) is 10.3. The number of fused-ring (bicyclic) bond motifs is 3. The van der Waals surface area contributed by atoms with Crippen LogP contribution in [0.4, 0.5) is 5.82 Å². The van der Waals surface area contributed by atoms with Crippen molar-refractivity contribution < 1.29 is 17.9 Å². The van der Waals surface area contributed by atoms with E-state index < -0.39 is 9.84 Å². The Bertz CT molecular complexity index is 1480. The first-order valence-electron chi connectivity index (χ1n) is 11.3. The molecule has 1 saturated heterocycles. The molecule has 0 N–H and O–H groups in total. The molecular weight excluding hydrogens is 454 g/mol. The number of piperidine rings is 1. The number of anilines is 1. The number of esters is 1. The van der Waals surface area contributed by atoms with Crippen LogP contribution in [-0.4, -0.2) is 53.9 Å². The number of hydrogen-bond donors (Lipinski definition) is 0. The predicted molar refractivity (Wildman–Crippen MR) is 126 cm³/mol. The van der Waals surface area contributed by atoms with Gasteiger partial charge in [-0.15, -0.1) is 5.10 Å². The molecule has 4 aromatic rings. The van der Waals surface area contributed by atoms with Gasteiger partial charge in [0.05, 0.1) is 22.9 Å². The lowest BCUT2D eigenvalue weighted by molar-refractivity contribution is -0.148. The molecule has 0 saturated carbocycles. The summed E-state index contributed by atoms with van der Waals surface area (Å²) in [6, 6.07) is 14.1. The van der Waals surface area contributed by atoms with Crippen LogP contribution in [0.15, 0.2) is 58.5 Å².